The maximum atomic E-state index is 12.3. The van der Waals surface area contributed by atoms with Crippen LogP contribution in [0.3, 0.4) is 0 Å². The molecular formula is C19H12BrN3OS. The smallest absolute Gasteiger partial charge is 0.204 e. The Bertz CT molecular complexity index is 1070. The number of hydrogen-bond donors (Lipinski definition) is 0. The van der Waals surface area contributed by atoms with Crippen LogP contribution in [0.1, 0.15) is 16.2 Å². The second-order valence-electron chi connectivity index (χ2n) is 5.32. The molecule has 0 aliphatic rings. The third-order valence-electron chi connectivity index (χ3n) is 3.73. The zero-order valence-electron chi connectivity index (χ0n) is 13.0. The Morgan fingerprint density at radius 2 is 2.00 bits per heavy atom. The van der Waals surface area contributed by atoms with Gasteiger partial charge in [-0.05, 0) is 36.4 Å². The minimum atomic E-state index is -0.132. The van der Waals surface area contributed by atoms with E-state index >= 15 is 0 Å². The summed E-state index contributed by atoms with van der Waals surface area (Å²) in [7, 11) is 0. The van der Waals surface area contributed by atoms with Crippen molar-refractivity contribution in [2.24, 2.45) is 0 Å². The lowest BCUT2D eigenvalue weighted by Gasteiger charge is -2.01. The van der Waals surface area contributed by atoms with Gasteiger partial charge in [-0.2, -0.15) is 0 Å². The number of imidazole rings is 1. The highest BCUT2D eigenvalue weighted by atomic mass is 79.9. The summed E-state index contributed by atoms with van der Waals surface area (Å²) >= 11 is 5.01. The van der Waals surface area contributed by atoms with Crippen molar-refractivity contribution in [2.75, 3.05) is 0 Å². The predicted octanol–water partition coefficient (Wildman–Crippen LogP) is 5.12. The first-order valence-corrected chi connectivity index (χ1v) is 9.24. The molecule has 4 nitrogen and oxygen atoms in total. The Morgan fingerprint density at radius 3 is 2.76 bits per heavy atom. The zero-order valence-corrected chi connectivity index (χ0v) is 15.4. The van der Waals surface area contributed by atoms with Crippen LogP contribution in [0.2, 0.25) is 0 Å². The molecule has 1 aromatic carbocycles. The van der Waals surface area contributed by atoms with Gasteiger partial charge in [-0.1, -0.05) is 34.1 Å². The van der Waals surface area contributed by atoms with Gasteiger partial charge in [0, 0.05) is 27.8 Å². The van der Waals surface area contributed by atoms with E-state index in [1.165, 1.54) is 0 Å². The molecule has 25 heavy (non-hydrogen) atoms. The highest BCUT2D eigenvalue weighted by Crippen LogP contribution is 2.28. The van der Waals surface area contributed by atoms with Crippen LogP contribution < -0.4 is 0 Å². The van der Waals surface area contributed by atoms with Crippen molar-refractivity contribution in [1.29, 1.82) is 0 Å². The van der Waals surface area contributed by atoms with Crippen LogP contribution in [0.4, 0.5) is 0 Å². The van der Waals surface area contributed by atoms with Gasteiger partial charge in [0.1, 0.15) is 5.69 Å². The number of aromatic nitrogens is 3. The number of hydrogen-bond acceptors (Lipinski definition) is 4. The molecule has 0 fully saturated rings. The highest BCUT2D eigenvalue weighted by Gasteiger charge is 2.13. The summed E-state index contributed by atoms with van der Waals surface area (Å²) < 4.78 is 3.00. The molecule has 122 valence electrons. The van der Waals surface area contributed by atoms with Crippen LogP contribution in [0.5, 0.6) is 0 Å². The lowest BCUT2D eigenvalue weighted by molar-refractivity contribution is 0.104. The summed E-state index contributed by atoms with van der Waals surface area (Å²) in [5, 5.41) is 1.98. The molecule has 0 bridgehead atoms. The Hall–Kier alpha value is -2.57. The van der Waals surface area contributed by atoms with Gasteiger partial charge >= 0.3 is 0 Å². The van der Waals surface area contributed by atoms with Crippen molar-refractivity contribution in [1.82, 2.24) is 14.4 Å². The van der Waals surface area contributed by atoms with Gasteiger partial charge < -0.3 is 0 Å². The molecule has 0 spiro atoms. The molecule has 6 heteroatoms. The number of allylic oxidation sites excluding steroid dienone is 1. The molecule has 0 aliphatic heterocycles. The summed E-state index contributed by atoms with van der Waals surface area (Å²) in [6.45, 7) is 0. The van der Waals surface area contributed by atoms with Gasteiger partial charge in [0.2, 0.25) is 5.78 Å². The Balaban J connectivity index is 1.76. The van der Waals surface area contributed by atoms with Crippen molar-refractivity contribution in [3.8, 4) is 11.3 Å². The van der Waals surface area contributed by atoms with E-state index in [-0.39, 0.29) is 5.78 Å². The second kappa shape index (κ2) is 6.74. The number of benzene rings is 1. The van der Waals surface area contributed by atoms with Crippen LogP contribution >= 0.6 is 27.3 Å². The summed E-state index contributed by atoms with van der Waals surface area (Å²) in [4.78, 5) is 22.0. The molecule has 4 rings (SSSR count). The Morgan fingerprint density at radius 1 is 1.16 bits per heavy atom. The third-order valence-corrected chi connectivity index (χ3v) is 5.01. The zero-order chi connectivity index (χ0) is 17.2. The van der Waals surface area contributed by atoms with Crippen LogP contribution in [0.15, 0.2) is 70.8 Å². The topological polar surface area (TPSA) is 47.3 Å². The Labute approximate surface area is 156 Å². The number of ketones is 1. The highest BCUT2D eigenvalue weighted by molar-refractivity contribution is 9.10. The van der Waals surface area contributed by atoms with E-state index in [0.717, 1.165) is 26.4 Å². The number of halogens is 1. The number of thiazole rings is 1. The largest absolute Gasteiger partial charge is 0.290 e. The van der Waals surface area contributed by atoms with Crippen molar-refractivity contribution in [2.45, 2.75) is 0 Å². The van der Waals surface area contributed by atoms with Crippen molar-refractivity contribution in [3.05, 3.63) is 82.2 Å². The number of carbonyl (C=O) groups is 1. The minimum Gasteiger partial charge on any atom is -0.290 e. The molecule has 0 radical (unpaired) electrons. The number of rotatable bonds is 4. The molecule has 0 unspecified atom stereocenters. The minimum absolute atomic E-state index is 0.132. The van der Waals surface area contributed by atoms with Crippen LogP contribution in [-0.4, -0.2) is 20.2 Å². The molecule has 0 N–H and O–H groups in total. The first-order chi connectivity index (χ1) is 12.2. The van der Waals surface area contributed by atoms with Crippen molar-refractivity contribution < 1.29 is 4.79 Å². The normalized spacial score (nSPS) is 11.4. The SMILES string of the molecule is O=C(/C=C/c1c(-c2ccc(Br)cc2)nc2sccn12)c1ccccn1. The quantitative estimate of drug-likeness (QED) is 0.347. The number of nitrogens with zero attached hydrogens (tertiary/aromatic N) is 3. The van der Waals surface area contributed by atoms with Gasteiger partial charge in [0.25, 0.3) is 0 Å². The molecule has 0 amide bonds. The fraction of sp³-hybridized carbons (Fsp3) is 0. The van der Waals surface area contributed by atoms with E-state index in [9.17, 15) is 4.79 Å². The standard InChI is InChI=1S/C19H12BrN3OS/c20-14-6-4-13(5-7-14)18-16(23-11-12-25-19(23)22-18)8-9-17(24)15-3-1-2-10-21-15/h1-12H/b9-8+. The maximum Gasteiger partial charge on any atom is 0.204 e. The van der Waals surface area contributed by atoms with Gasteiger partial charge in [0.05, 0.1) is 11.4 Å². The number of carbonyl (C=O) groups excluding carboxylic acids is 1. The lowest BCUT2D eigenvalue weighted by atomic mass is 10.1. The molecule has 4 aromatic rings. The van der Waals surface area contributed by atoms with Crippen LogP contribution in [-0.2, 0) is 0 Å². The molecule has 3 aromatic heterocycles. The van der Waals surface area contributed by atoms with Gasteiger partial charge in [-0.3, -0.25) is 14.2 Å². The number of fused-ring (bicyclic) bond motifs is 1. The van der Waals surface area contributed by atoms with Gasteiger partial charge in [-0.25, -0.2) is 4.98 Å². The van der Waals surface area contributed by atoms with Crippen molar-refractivity contribution >= 4 is 44.1 Å². The molecular weight excluding hydrogens is 398 g/mol. The van der Waals surface area contributed by atoms with E-state index in [0.29, 0.717) is 5.69 Å². The van der Waals surface area contributed by atoms with Crippen molar-refractivity contribution in [3.63, 3.8) is 0 Å². The summed E-state index contributed by atoms with van der Waals surface area (Å²) in [5.74, 6) is -0.132. The Kier molecular flexibility index (Phi) is 4.29. The average molecular weight is 410 g/mol. The predicted molar refractivity (Wildman–Crippen MR) is 104 cm³/mol. The fourth-order valence-electron chi connectivity index (χ4n) is 2.53. The monoisotopic (exact) mass is 409 g/mol. The summed E-state index contributed by atoms with van der Waals surface area (Å²) in [5.41, 5.74) is 3.16. The van der Waals surface area contributed by atoms with E-state index in [4.69, 9.17) is 4.98 Å². The molecule has 0 atom stereocenters. The maximum absolute atomic E-state index is 12.3. The average Bonchev–Trinajstić information content (AvgIpc) is 3.23. The van der Waals surface area contributed by atoms with E-state index in [2.05, 4.69) is 20.9 Å². The second-order valence-corrected chi connectivity index (χ2v) is 7.11. The van der Waals surface area contributed by atoms with Crippen LogP contribution in [0, 0.1) is 0 Å². The summed E-state index contributed by atoms with van der Waals surface area (Å²) in [6.07, 6.45) is 6.93. The fourth-order valence-corrected chi connectivity index (χ4v) is 3.52. The van der Waals surface area contributed by atoms with E-state index in [1.54, 1.807) is 47.9 Å². The number of pyridine rings is 1. The van der Waals surface area contributed by atoms with Gasteiger partial charge in [-0.15, -0.1) is 11.3 Å². The molecule has 0 saturated heterocycles. The van der Waals surface area contributed by atoms with E-state index < -0.39 is 0 Å². The summed E-state index contributed by atoms with van der Waals surface area (Å²) in [6, 6.07) is 13.3. The first-order valence-electron chi connectivity index (χ1n) is 7.57. The van der Waals surface area contributed by atoms with E-state index in [1.807, 2.05) is 40.2 Å². The first kappa shape index (κ1) is 15.9. The molecule has 0 saturated carbocycles. The molecule has 3 heterocycles. The third kappa shape index (κ3) is 3.18. The van der Waals surface area contributed by atoms with Gasteiger partial charge in [0.15, 0.2) is 4.96 Å². The molecule has 0 aliphatic carbocycles. The lowest BCUT2D eigenvalue weighted by Crippen LogP contribution is -1.97. The van der Waals surface area contributed by atoms with Crippen LogP contribution in [0.25, 0.3) is 22.3 Å².